The van der Waals surface area contributed by atoms with Crippen LogP contribution in [0.2, 0.25) is 76.6 Å². The lowest BCUT2D eigenvalue weighted by atomic mass is 9.23. The van der Waals surface area contributed by atoms with Gasteiger partial charge in [-0.3, -0.25) is 0 Å². The van der Waals surface area contributed by atoms with E-state index in [1.54, 1.807) is 62.7 Å². The summed E-state index contributed by atoms with van der Waals surface area (Å²) in [6.45, 7) is 21.1. The largest absolute Gasteiger partial charge is 0.0713 e. The molecule has 0 aromatic heterocycles. The molecule has 7 fully saturated rings. The van der Waals surface area contributed by atoms with E-state index in [4.69, 9.17) is 0 Å². The number of hydrogen-bond donors (Lipinski definition) is 0. The van der Waals surface area contributed by atoms with Crippen molar-refractivity contribution in [1.29, 1.82) is 0 Å². The number of rotatable bonds is 8. The summed E-state index contributed by atoms with van der Waals surface area (Å²) in [6.07, 6.45) is 10.1. The molecule has 0 heterocycles. The van der Waals surface area contributed by atoms with Crippen molar-refractivity contribution in [1.82, 2.24) is 0 Å². The zero-order chi connectivity index (χ0) is 21.7. The molecule has 0 nitrogen and oxygen atoms in total. The third-order valence-corrected chi connectivity index (χ3v) is 16.4. The molecule has 7 rings (SSSR count). The van der Waals surface area contributed by atoms with E-state index >= 15 is 0 Å². The summed E-state index contributed by atoms with van der Waals surface area (Å²) in [5.41, 5.74) is 3.18. The second-order valence-corrected chi connectivity index (χ2v) is 25.7. The summed E-state index contributed by atoms with van der Waals surface area (Å²) < 4.78 is 0. The van der Waals surface area contributed by atoms with E-state index in [1.165, 1.54) is 0 Å². The highest BCUT2D eigenvalue weighted by Crippen LogP contribution is 2.87. The van der Waals surface area contributed by atoms with Crippen molar-refractivity contribution in [2.24, 2.45) is 45.3 Å². The van der Waals surface area contributed by atoms with E-state index in [-0.39, 0.29) is 35.2 Å². The Morgan fingerprint density at radius 1 is 0.467 bits per heavy atom. The fourth-order valence-corrected chi connectivity index (χ4v) is 19.4. The average Bonchev–Trinajstić information content (AvgIpc) is 2.56. The van der Waals surface area contributed by atoms with Crippen molar-refractivity contribution >= 4 is 35.2 Å². The molecule has 0 aromatic carbocycles. The molecule has 0 amide bonds. The van der Waals surface area contributed by atoms with Gasteiger partial charge < -0.3 is 0 Å². The normalized spacial score (nSPS) is 50.8. The van der Waals surface area contributed by atoms with Gasteiger partial charge in [-0.2, -0.15) is 0 Å². The van der Waals surface area contributed by atoms with Crippen LogP contribution in [0.15, 0.2) is 0 Å². The zero-order valence-electron chi connectivity index (χ0n) is 21.4. The highest BCUT2D eigenvalue weighted by atomic mass is 28.3. The van der Waals surface area contributed by atoms with Crippen LogP contribution >= 0.6 is 0 Å². The van der Waals surface area contributed by atoms with Crippen LogP contribution in [0.5, 0.6) is 0 Å². The molecule has 0 saturated heterocycles. The Balaban J connectivity index is 1.63. The van der Waals surface area contributed by atoms with Crippen molar-refractivity contribution in [2.45, 2.75) is 115 Å². The Labute approximate surface area is 195 Å². The van der Waals surface area contributed by atoms with Gasteiger partial charge in [-0.15, -0.1) is 0 Å². The first-order chi connectivity index (χ1) is 13.9. The third-order valence-electron chi connectivity index (χ3n) is 10.8. The van der Waals surface area contributed by atoms with E-state index in [0.29, 0.717) is 0 Å². The SMILES string of the molecule is C[Si](C)CC12CC3C4CC5(C[Si](C)C)CC(C(C1)C3(C[Si](C)C)C5)C4(C[Si](C)C)C2. The smallest absolute Gasteiger partial charge is 0.0418 e. The Kier molecular flexibility index (Phi) is 5.42. The molecule has 7 aliphatic carbocycles. The van der Waals surface area contributed by atoms with Crippen LogP contribution in [0, 0.1) is 45.3 Å². The predicted octanol–water partition coefficient (Wildman–Crippen LogP) is 7.82. The van der Waals surface area contributed by atoms with E-state index in [0.717, 1.165) is 45.3 Å². The fraction of sp³-hybridized carbons (Fsp3) is 1.00. The van der Waals surface area contributed by atoms with Crippen molar-refractivity contribution in [3.05, 3.63) is 0 Å². The van der Waals surface area contributed by atoms with Gasteiger partial charge in [0, 0.05) is 35.2 Å². The minimum absolute atomic E-state index is 0.128. The van der Waals surface area contributed by atoms with Crippen molar-refractivity contribution in [2.75, 3.05) is 0 Å². The molecule has 0 N–H and O–H groups in total. The van der Waals surface area contributed by atoms with E-state index in [9.17, 15) is 0 Å². The maximum absolute atomic E-state index is 2.66. The molecule has 7 aliphatic rings. The Hall–Kier alpha value is 0.868. The molecular weight excluding hydrogens is 425 g/mol. The molecule has 0 aliphatic heterocycles. The maximum atomic E-state index is 2.66. The minimum atomic E-state index is -0.157. The molecule has 7 saturated carbocycles. The lowest BCUT2D eigenvalue weighted by Crippen LogP contribution is -2.76. The van der Waals surface area contributed by atoms with Gasteiger partial charge in [-0.05, 0) is 83.9 Å². The second-order valence-electron chi connectivity index (χ2n) is 14.6. The summed E-state index contributed by atoms with van der Waals surface area (Å²) in [6, 6.07) is 6.65. The quantitative estimate of drug-likeness (QED) is 0.316. The standard InChI is InChI=1S/C26H48Si4/c1-27(2)15-23-9-19-21-11-24(16-28(3)4)12-22(25(21,13-23)17-29(5)6)20(10-23)26(19,14-24)18-30(7)8/h19-22H,9-18H2,1-8H3. The first-order valence-corrected chi connectivity index (χ1v) is 23.9. The molecule has 30 heavy (non-hydrogen) atoms. The van der Waals surface area contributed by atoms with Crippen LogP contribution in [0.4, 0.5) is 0 Å². The van der Waals surface area contributed by atoms with Gasteiger partial charge in [-0.1, -0.05) is 76.6 Å². The molecule has 4 unspecified atom stereocenters. The molecule has 4 heteroatoms. The van der Waals surface area contributed by atoms with Gasteiger partial charge in [0.25, 0.3) is 0 Å². The molecule has 4 radical (unpaired) electrons. The van der Waals surface area contributed by atoms with Gasteiger partial charge >= 0.3 is 0 Å². The molecule has 8 bridgehead atoms. The lowest BCUT2D eigenvalue weighted by Gasteiger charge is -2.84. The second kappa shape index (κ2) is 7.18. The zero-order valence-corrected chi connectivity index (χ0v) is 25.4. The van der Waals surface area contributed by atoms with Crippen LogP contribution in [0.1, 0.15) is 38.5 Å². The maximum Gasteiger partial charge on any atom is 0.0418 e. The summed E-state index contributed by atoms with van der Waals surface area (Å²) >= 11 is 0. The van der Waals surface area contributed by atoms with Crippen LogP contribution < -0.4 is 0 Å². The van der Waals surface area contributed by atoms with Crippen LogP contribution in [-0.2, 0) is 0 Å². The minimum Gasteiger partial charge on any atom is -0.0713 e. The third kappa shape index (κ3) is 3.11. The van der Waals surface area contributed by atoms with Crippen molar-refractivity contribution < 1.29 is 0 Å². The summed E-state index contributed by atoms with van der Waals surface area (Å²) in [5.74, 6) is 4.56. The van der Waals surface area contributed by atoms with Crippen LogP contribution in [-0.4, -0.2) is 35.2 Å². The summed E-state index contributed by atoms with van der Waals surface area (Å²) in [5, 5.41) is 0. The van der Waals surface area contributed by atoms with Gasteiger partial charge in [0.15, 0.2) is 0 Å². The molecule has 0 spiro atoms. The van der Waals surface area contributed by atoms with Gasteiger partial charge in [0.1, 0.15) is 0 Å². The average molecular weight is 473 g/mol. The first kappa shape index (κ1) is 22.6. The van der Waals surface area contributed by atoms with Crippen molar-refractivity contribution in [3.63, 3.8) is 0 Å². The van der Waals surface area contributed by atoms with E-state index in [1.807, 2.05) is 0 Å². The Morgan fingerprint density at radius 3 is 0.967 bits per heavy atom. The van der Waals surface area contributed by atoms with E-state index < -0.39 is 0 Å². The van der Waals surface area contributed by atoms with Gasteiger partial charge in [-0.25, -0.2) is 0 Å². The topological polar surface area (TPSA) is 0 Å². The first-order valence-electron chi connectivity index (χ1n) is 13.1. The van der Waals surface area contributed by atoms with Gasteiger partial charge in [0.2, 0.25) is 0 Å². The summed E-state index contributed by atoms with van der Waals surface area (Å²) in [7, 11) is -0.570. The molecule has 0 aromatic rings. The summed E-state index contributed by atoms with van der Waals surface area (Å²) in [4.78, 5) is 0. The predicted molar refractivity (Wildman–Crippen MR) is 141 cm³/mol. The number of hydrogen-bond acceptors (Lipinski definition) is 0. The molecular formula is C26H48Si4. The highest BCUT2D eigenvalue weighted by Gasteiger charge is 2.79. The van der Waals surface area contributed by atoms with Crippen LogP contribution in [0.25, 0.3) is 0 Å². The van der Waals surface area contributed by atoms with Crippen LogP contribution in [0.3, 0.4) is 0 Å². The lowest BCUT2D eigenvalue weighted by molar-refractivity contribution is -0.324. The monoisotopic (exact) mass is 472 g/mol. The molecule has 168 valence electrons. The molecule has 4 atom stereocenters. The van der Waals surface area contributed by atoms with Crippen molar-refractivity contribution in [3.8, 4) is 0 Å². The Morgan fingerprint density at radius 2 is 0.733 bits per heavy atom. The van der Waals surface area contributed by atoms with E-state index in [2.05, 4.69) is 52.4 Å². The highest BCUT2D eigenvalue weighted by molar-refractivity contribution is 6.57. The van der Waals surface area contributed by atoms with Gasteiger partial charge in [0.05, 0.1) is 0 Å². The fourth-order valence-electron chi connectivity index (χ4n) is 11.7. The Bertz CT molecular complexity index is 599.